The maximum Gasteiger partial charge on any atom is 0.326 e. The summed E-state index contributed by atoms with van der Waals surface area (Å²) >= 11 is 0. The Morgan fingerprint density at radius 2 is 2.18 bits per heavy atom. The van der Waals surface area contributed by atoms with Gasteiger partial charge >= 0.3 is 5.97 Å². The van der Waals surface area contributed by atoms with Gasteiger partial charge in [0.05, 0.1) is 6.61 Å². The molecule has 3 aromatic heterocycles. The molecule has 204 valence electrons. The van der Waals surface area contributed by atoms with Crippen LogP contribution in [0.25, 0.3) is 5.82 Å². The van der Waals surface area contributed by atoms with E-state index in [-0.39, 0.29) is 0 Å². The van der Waals surface area contributed by atoms with Crippen LogP contribution in [0.4, 0.5) is 11.6 Å². The molecule has 0 spiro atoms. The number of carbonyl (C=O) groups is 1. The van der Waals surface area contributed by atoms with Crippen molar-refractivity contribution in [3.8, 4) is 5.82 Å². The fourth-order valence-corrected chi connectivity index (χ4v) is 4.53. The number of aliphatic carboxylic acids is 1. The number of ether oxygens (including phenoxy) is 1. The number of pyridine rings is 1. The summed E-state index contributed by atoms with van der Waals surface area (Å²) in [6.07, 6.45) is 10.5. The van der Waals surface area contributed by atoms with Crippen molar-refractivity contribution in [2.45, 2.75) is 51.5 Å². The molecule has 11 heteroatoms. The summed E-state index contributed by atoms with van der Waals surface area (Å²) in [5.74, 6) is 1.14. The monoisotopic (exact) mass is 522 g/mol. The number of hydrogen-bond acceptors (Lipinski definition) is 9. The first kappa shape index (κ1) is 27.5. The zero-order valence-electron chi connectivity index (χ0n) is 22.1. The van der Waals surface area contributed by atoms with Crippen LogP contribution in [-0.2, 0) is 22.4 Å². The zero-order valence-corrected chi connectivity index (χ0v) is 22.1. The molecule has 1 atom stereocenters. The van der Waals surface area contributed by atoms with E-state index in [0.29, 0.717) is 37.8 Å². The minimum absolute atomic E-state index is 0.431. The van der Waals surface area contributed by atoms with Crippen LogP contribution in [0.2, 0.25) is 0 Å². The summed E-state index contributed by atoms with van der Waals surface area (Å²) in [6, 6.07) is 7.06. The van der Waals surface area contributed by atoms with Crippen LogP contribution in [-0.4, -0.2) is 86.1 Å². The Morgan fingerprint density at radius 1 is 1.26 bits per heavy atom. The number of fused-ring (bicyclic) bond motifs is 1. The van der Waals surface area contributed by atoms with Gasteiger partial charge in [0.25, 0.3) is 0 Å². The van der Waals surface area contributed by atoms with E-state index in [2.05, 4.69) is 42.7 Å². The Hall–Kier alpha value is -3.57. The van der Waals surface area contributed by atoms with E-state index in [0.717, 1.165) is 63.3 Å². The third-order valence-electron chi connectivity index (χ3n) is 6.61. The number of nitrogens with one attached hydrogen (secondary N) is 2. The Labute approximate surface area is 223 Å². The van der Waals surface area contributed by atoms with Crippen LogP contribution >= 0.6 is 0 Å². The molecule has 1 aliphatic heterocycles. The summed E-state index contributed by atoms with van der Waals surface area (Å²) in [4.78, 5) is 27.5. The minimum Gasteiger partial charge on any atom is -0.480 e. The van der Waals surface area contributed by atoms with Gasteiger partial charge in [0.1, 0.15) is 24.0 Å². The van der Waals surface area contributed by atoms with E-state index >= 15 is 0 Å². The van der Waals surface area contributed by atoms with Crippen molar-refractivity contribution in [3.05, 3.63) is 54.2 Å². The summed E-state index contributed by atoms with van der Waals surface area (Å²) in [6.45, 7) is 6.53. The topological polar surface area (TPSA) is 130 Å². The molecule has 0 aliphatic carbocycles. The molecule has 0 saturated carbocycles. The molecule has 11 nitrogen and oxygen atoms in total. The normalized spacial score (nSPS) is 13.6. The SMILES string of the molecule is CCOCCN(CCCCc1ccc2c(n1)NCCC2)CCC(Nc1cc(-n2cccn2)ncn1)C(=O)O. The molecule has 0 fully saturated rings. The lowest BCUT2D eigenvalue weighted by Gasteiger charge is -2.24. The van der Waals surface area contributed by atoms with E-state index in [1.54, 1.807) is 29.2 Å². The van der Waals surface area contributed by atoms with Crippen molar-refractivity contribution in [3.63, 3.8) is 0 Å². The summed E-state index contributed by atoms with van der Waals surface area (Å²) < 4.78 is 7.18. The minimum atomic E-state index is -0.916. The first-order valence-corrected chi connectivity index (χ1v) is 13.5. The highest BCUT2D eigenvalue weighted by molar-refractivity contribution is 5.76. The van der Waals surface area contributed by atoms with Gasteiger partial charge in [0.15, 0.2) is 5.82 Å². The lowest BCUT2D eigenvalue weighted by Crippen LogP contribution is -2.37. The standard InChI is InChI=1S/C27H38N8O3/c1-2-38-18-17-34(14-4-3-8-22-10-9-21-7-5-12-28-26(21)32-22)16-11-23(27(36)37)33-24-19-25(30-20-29-24)35-15-6-13-31-35/h6,9-10,13,15,19-20,23H,2-5,7-8,11-12,14,16-18H2,1H3,(H,28,32)(H,36,37)(H,29,30,33). The molecule has 4 heterocycles. The second kappa shape index (κ2) is 14.4. The summed E-state index contributed by atoms with van der Waals surface area (Å²) in [5.41, 5.74) is 2.43. The van der Waals surface area contributed by atoms with E-state index in [1.165, 1.54) is 11.9 Å². The molecule has 3 aromatic rings. The largest absolute Gasteiger partial charge is 0.480 e. The first-order valence-electron chi connectivity index (χ1n) is 13.5. The molecule has 38 heavy (non-hydrogen) atoms. The predicted octanol–water partition coefficient (Wildman–Crippen LogP) is 3.03. The van der Waals surface area contributed by atoms with Crippen LogP contribution in [0, 0.1) is 0 Å². The number of carboxylic acid groups (broad SMARTS) is 1. The van der Waals surface area contributed by atoms with E-state index < -0.39 is 12.0 Å². The van der Waals surface area contributed by atoms with Crippen LogP contribution < -0.4 is 10.6 Å². The maximum atomic E-state index is 12.0. The number of rotatable bonds is 16. The van der Waals surface area contributed by atoms with E-state index in [9.17, 15) is 9.90 Å². The number of aryl methyl sites for hydroxylation is 2. The van der Waals surface area contributed by atoms with Gasteiger partial charge in [-0.25, -0.2) is 24.4 Å². The van der Waals surface area contributed by atoms with Crippen molar-refractivity contribution in [2.75, 3.05) is 50.0 Å². The van der Waals surface area contributed by atoms with Gasteiger partial charge in [-0.2, -0.15) is 5.10 Å². The smallest absolute Gasteiger partial charge is 0.326 e. The van der Waals surface area contributed by atoms with Gasteiger partial charge in [-0.1, -0.05) is 6.07 Å². The lowest BCUT2D eigenvalue weighted by atomic mass is 10.1. The third-order valence-corrected chi connectivity index (χ3v) is 6.61. The zero-order chi connectivity index (χ0) is 26.6. The average Bonchev–Trinajstić information content (AvgIpc) is 3.48. The van der Waals surface area contributed by atoms with Gasteiger partial charge in [0, 0.05) is 50.4 Å². The Kier molecular flexibility index (Phi) is 10.4. The molecule has 4 rings (SSSR count). The first-order chi connectivity index (χ1) is 18.6. The van der Waals surface area contributed by atoms with Crippen LogP contribution in [0.1, 0.15) is 43.9 Å². The summed E-state index contributed by atoms with van der Waals surface area (Å²) in [5, 5.41) is 20.5. The second-order valence-electron chi connectivity index (χ2n) is 9.37. The van der Waals surface area contributed by atoms with Crippen LogP contribution in [0.15, 0.2) is 43.0 Å². The lowest BCUT2D eigenvalue weighted by molar-refractivity contribution is -0.138. The third kappa shape index (κ3) is 8.22. The predicted molar refractivity (Wildman–Crippen MR) is 146 cm³/mol. The number of unbranched alkanes of at least 4 members (excludes halogenated alkanes) is 1. The Morgan fingerprint density at radius 3 is 3.00 bits per heavy atom. The van der Waals surface area contributed by atoms with E-state index in [1.807, 2.05) is 6.92 Å². The molecule has 0 aromatic carbocycles. The molecule has 0 bridgehead atoms. The molecule has 0 saturated heterocycles. The van der Waals surface area contributed by atoms with Crippen LogP contribution in [0.3, 0.4) is 0 Å². The molecule has 3 N–H and O–H groups in total. The molecule has 1 unspecified atom stereocenters. The Bertz CT molecular complexity index is 1140. The van der Waals surface area contributed by atoms with Crippen molar-refractivity contribution < 1.29 is 14.6 Å². The highest BCUT2D eigenvalue weighted by atomic mass is 16.5. The van der Waals surface area contributed by atoms with Gasteiger partial charge in [-0.15, -0.1) is 0 Å². The van der Waals surface area contributed by atoms with E-state index in [4.69, 9.17) is 9.72 Å². The van der Waals surface area contributed by atoms with Gasteiger partial charge in [-0.3, -0.25) is 0 Å². The van der Waals surface area contributed by atoms with Gasteiger partial charge < -0.3 is 25.4 Å². The fraction of sp³-hybridized carbons (Fsp3) is 0.519. The van der Waals surface area contributed by atoms with Gasteiger partial charge in [-0.05, 0) is 69.7 Å². The number of aromatic nitrogens is 5. The Balaban J connectivity index is 1.28. The molecule has 1 aliphatic rings. The number of hydrogen-bond donors (Lipinski definition) is 3. The number of anilines is 2. The molecule has 0 amide bonds. The highest BCUT2D eigenvalue weighted by Gasteiger charge is 2.20. The van der Waals surface area contributed by atoms with Crippen molar-refractivity contribution in [2.24, 2.45) is 0 Å². The van der Waals surface area contributed by atoms with Crippen molar-refractivity contribution >= 4 is 17.6 Å². The number of nitrogens with zero attached hydrogens (tertiary/aromatic N) is 6. The summed E-state index contributed by atoms with van der Waals surface area (Å²) in [7, 11) is 0. The van der Waals surface area contributed by atoms with Crippen molar-refractivity contribution in [1.82, 2.24) is 29.6 Å². The molecule has 0 radical (unpaired) electrons. The average molecular weight is 523 g/mol. The quantitative estimate of drug-likeness (QED) is 0.241. The molecular weight excluding hydrogens is 484 g/mol. The van der Waals surface area contributed by atoms with Crippen LogP contribution in [0.5, 0.6) is 0 Å². The fourth-order valence-electron chi connectivity index (χ4n) is 4.53. The number of carboxylic acids is 1. The maximum absolute atomic E-state index is 12.0. The second-order valence-corrected chi connectivity index (χ2v) is 9.37. The molecular formula is C27H38N8O3. The van der Waals surface area contributed by atoms with Crippen molar-refractivity contribution in [1.29, 1.82) is 0 Å². The highest BCUT2D eigenvalue weighted by Crippen LogP contribution is 2.20. The van der Waals surface area contributed by atoms with Gasteiger partial charge in [0.2, 0.25) is 0 Å².